The van der Waals surface area contributed by atoms with Crippen molar-refractivity contribution in [3.63, 3.8) is 0 Å². The lowest BCUT2D eigenvalue weighted by Gasteiger charge is -2.39. The summed E-state index contributed by atoms with van der Waals surface area (Å²) in [5.74, 6) is 0.00274. The van der Waals surface area contributed by atoms with E-state index in [9.17, 15) is 9.59 Å². The number of rotatable bonds is 4. The van der Waals surface area contributed by atoms with Crippen LogP contribution in [0.25, 0.3) is 0 Å². The minimum atomic E-state index is -0.574. The summed E-state index contributed by atoms with van der Waals surface area (Å²) in [4.78, 5) is 27.2. The second-order valence-electron chi connectivity index (χ2n) is 7.49. The van der Waals surface area contributed by atoms with E-state index in [4.69, 9.17) is 0 Å². The minimum Gasteiger partial charge on any atom is -0.351 e. The fourth-order valence-corrected chi connectivity index (χ4v) is 3.52. The number of hydrogen-bond acceptors (Lipinski definition) is 2. The molecule has 0 aliphatic carbocycles. The van der Waals surface area contributed by atoms with E-state index >= 15 is 0 Å². The fraction of sp³-hybridized carbons (Fsp3) is 0.364. The molecule has 1 unspecified atom stereocenters. The van der Waals surface area contributed by atoms with Crippen molar-refractivity contribution in [1.82, 2.24) is 10.2 Å². The summed E-state index contributed by atoms with van der Waals surface area (Å²) in [6.07, 6.45) is 1.60. The zero-order chi connectivity index (χ0) is 19.3. The van der Waals surface area contributed by atoms with E-state index in [1.54, 1.807) is 4.90 Å². The van der Waals surface area contributed by atoms with Gasteiger partial charge in [0.25, 0.3) is 0 Å². The van der Waals surface area contributed by atoms with Gasteiger partial charge in [-0.2, -0.15) is 0 Å². The Bertz CT molecular complexity index is 806. The lowest BCUT2D eigenvalue weighted by Crippen LogP contribution is -2.52. The molecule has 0 saturated carbocycles. The van der Waals surface area contributed by atoms with Crippen LogP contribution in [-0.2, 0) is 11.3 Å². The Morgan fingerprint density at radius 3 is 2.52 bits per heavy atom. The Hall–Kier alpha value is -2.82. The van der Waals surface area contributed by atoms with Crippen molar-refractivity contribution in [2.45, 2.75) is 33.2 Å². The summed E-state index contributed by atoms with van der Waals surface area (Å²) in [6.45, 7) is 5.59. The van der Waals surface area contributed by atoms with E-state index < -0.39 is 5.41 Å². The summed E-state index contributed by atoms with van der Waals surface area (Å²) >= 11 is 0. The highest BCUT2D eigenvalue weighted by molar-refractivity contribution is 5.90. The van der Waals surface area contributed by atoms with Crippen molar-refractivity contribution in [2.75, 3.05) is 18.4 Å². The molecular weight excluding hydrogens is 338 g/mol. The van der Waals surface area contributed by atoms with Crippen LogP contribution in [0.5, 0.6) is 0 Å². The largest absolute Gasteiger partial charge is 0.351 e. The van der Waals surface area contributed by atoms with E-state index in [2.05, 4.69) is 10.6 Å². The molecule has 5 heteroatoms. The van der Waals surface area contributed by atoms with E-state index in [1.807, 2.05) is 68.4 Å². The maximum atomic E-state index is 12.9. The highest BCUT2D eigenvalue weighted by atomic mass is 16.2. The molecule has 1 aliphatic heterocycles. The highest BCUT2D eigenvalue weighted by Crippen LogP contribution is 2.30. The average Bonchev–Trinajstić information content (AvgIpc) is 2.68. The summed E-state index contributed by atoms with van der Waals surface area (Å²) in [7, 11) is 0. The number of carbonyl (C=O) groups excluding carboxylic acids is 2. The summed E-state index contributed by atoms with van der Waals surface area (Å²) in [6, 6.07) is 17.3. The number of benzene rings is 2. The Balaban J connectivity index is 1.60. The monoisotopic (exact) mass is 365 g/mol. The molecule has 1 fully saturated rings. The summed E-state index contributed by atoms with van der Waals surface area (Å²) < 4.78 is 0. The van der Waals surface area contributed by atoms with Crippen LogP contribution in [0.4, 0.5) is 10.5 Å². The first-order chi connectivity index (χ1) is 13.0. The van der Waals surface area contributed by atoms with E-state index in [-0.39, 0.29) is 11.9 Å². The van der Waals surface area contributed by atoms with Crippen LogP contribution in [0.2, 0.25) is 0 Å². The average molecular weight is 365 g/mol. The number of carbonyl (C=O) groups is 2. The molecule has 2 N–H and O–H groups in total. The third-order valence-corrected chi connectivity index (χ3v) is 5.26. The van der Waals surface area contributed by atoms with E-state index in [0.29, 0.717) is 19.6 Å². The van der Waals surface area contributed by atoms with Gasteiger partial charge in [-0.3, -0.25) is 4.79 Å². The van der Waals surface area contributed by atoms with Crippen molar-refractivity contribution in [2.24, 2.45) is 5.41 Å². The van der Waals surface area contributed by atoms with Crippen LogP contribution in [0, 0.1) is 12.3 Å². The van der Waals surface area contributed by atoms with Crippen molar-refractivity contribution in [1.29, 1.82) is 0 Å². The number of anilines is 1. The van der Waals surface area contributed by atoms with Gasteiger partial charge in [0.15, 0.2) is 0 Å². The molecule has 2 aromatic carbocycles. The van der Waals surface area contributed by atoms with Crippen LogP contribution in [0.3, 0.4) is 0 Å². The highest BCUT2D eigenvalue weighted by Gasteiger charge is 2.39. The molecule has 27 heavy (non-hydrogen) atoms. The lowest BCUT2D eigenvalue weighted by atomic mass is 9.81. The maximum Gasteiger partial charge on any atom is 0.321 e. The van der Waals surface area contributed by atoms with Gasteiger partial charge in [-0.15, -0.1) is 0 Å². The molecular formula is C22H27N3O2. The predicted octanol–water partition coefficient (Wildman–Crippen LogP) is 3.95. The molecule has 0 bridgehead atoms. The smallest absolute Gasteiger partial charge is 0.321 e. The van der Waals surface area contributed by atoms with Crippen LogP contribution >= 0.6 is 0 Å². The summed E-state index contributed by atoms with van der Waals surface area (Å²) in [5, 5.41) is 5.97. The molecule has 142 valence electrons. The number of nitrogens with zero attached hydrogens (tertiary/aromatic N) is 1. The predicted molar refractivity (Wildman–Crippen MR) is 107 cm³/mol. The number of amides is 3. The molecule has 1 aliphatic rings. The number of piperidine rings is 1. The molecule has 3 amide bonds. The second-order valence-corrected chi connectivity index (χ2v) is 7.49. The van der Waals surface area contributed by atoms with Gasteiger partial charge in [-0.1, -0.05) is 42.5 Å². The van der Waals surface area contributed by atoms with Gasteiger partial charge in [-0.25, -0.2) is 4.79 Å². The van der Waals surface area contributed by atoms with E-state index in [0.717, 1.165) is 29.7 Å². The zero-order valence-corrected chi connectivity index (χ0v) is 16.0. The first-order valence-corrected chi connectivity index (χ1v) is 9.42. The Morgan fingerprint density at radius 1 is 1.07 bits per heavy atom. The number of para-hydroxylation sites is 1. The van der Waals surface area contributed by atoms with Crippen molar-refractivity contribution >= 4 is 17.6 Å². The maximum absolute atomic E-state index is 12.9. The first kappa shape index (κ1) is 19.0. The van der Waals surface area contributed by atoms with Gasteiger partial charge in [0.1, 0.15) is 0 Å². The van der Waals surface area contributed by atoms with Crippen molar-refractivity contribution in [3.05, 3.63) is 65.7 Å². The number of aryl methyl sites for hydroxylation is 1. The van der Waals surface area contributed by atoms with Gasteiger partial charge < -0.3 is 15.5 Å². The Kier molecular flexibility index (Phi) is 5.79. The molecule has 1 atom stereocenters. The number of likely N-dealkylation sites (tertiary alicyclic amines) is 1. The molecule has 0 radical (unpaired) electrons. The molecule has 0 aromatic heterocycles. The SMILES string of the molecule is Cc1ccccc1CNC(=O)C1(C)CCCN(C(=O)Nc2ccccc2)C1. The number of hydrogen-bond donors (Lipinski definition) is 2. The Labute approximate surface area is 160 Å². The van der Waals surface area contributed by atoms with Crippen molar-refractivity contribution < 1.29 is 9.59 Å². The normalized spacial score (nSPS) is 19.4. The van der Waals surface area contributed by atoms with Crippen LogP contribution in [0.1, 0.15) is 30.9 Å². The van der Waals surface area contributed by atoms with Crippen molar-refractivity contribution in [3.8, 4) is 0 Å². The molecule has 5 nitrogen and oxygen atoms in total. The van der Waals surface area contributed by atoms with Crippen LogP contribution in [-0.4, -0.2) is 29.9 Å². The summed E-state index contributed by atoms with van der Waals surface area (Å²) in [5.41, 5.74) is 2.47. The lowest BCUT2D eigenvalue weighted by molar-refractivity contribution is -0.132. The number of nitrogens with one attached hydrogen (secondary N) is 2. The molecule has 1 heterocycles. The van der Waals surface area contributed by atoms with Crippen LogP contribution < -0.4 is 10.6 Å². The van der Waals surface area contributed by atoms with Gasteiger partial charge in [-0.05, 0) is 49.9 Å². The second kappa shape index (κ2) is 8.25. The van der Waals surface area contributed by atoms with Gasteiger partial charge in [0, 0.05) is 25.3 Å². The molecule has 2 aromatic rings. The van der Waals surface area contributed by atoms with Crippen LogP contribution in [0.15, 0.2) is 54.6 Å². The Morgan fingerprint density at radius 2 is 1.78 bits per heavy atom. The first-order valence-electron chi connectivity index (χ1n) is 9.42. The van der Waals surface area contributed by atoms with Gasteiger partial charge >= 0.3 is 6.03 Å². The number of urea groups is 1. The fourth-order valence-electron chi connectivity index (χ4n) is 3.52. The van der Waals surface area contributed by atoms with Gasteiger partial charge in [0.05, 0.1) is 5.41 Å². The zero-order valence-electron chi connectivity index (χ0n) is 16.0. The molecule has 0 spiro atoms. The molecule has 1 saturated heterocycles. The standard InChI is InChI=1S/C22H27N3O2/c1-17-9-6-7-10-18(17)15-23-20(26)22(2)13-8-14-25(16-22)21(27)24-19-11-4-3-5-12-19/h3-7,9-12H,8,13-16H2,1-2H3,(H,23,26)(H,24,27). The third-order valence-electron chi connectivity index (χ3n) is 5.26. The minimum absolute atomic E-state index is 0.00274. The third kappa shape index (κ3) is 4.67. The topological polar surface area (TPSA) is 61.4 Å². The molecule has 3 rings (SSSR count). The van der Waals surface area contributed by atoms with Gasteiger partial charge in [0.2, 0.25) is 5.91 Å². The van der Waals surface area contributed by atoms with E-state index in [1.165, 1.54) is 0 Å². The quantitative estimate of drug-likeness (QED) is 0.862.